The lowest BCUT2D eigenvalue weighted by atomic mass is 9.75. The van der Waals surface area contributed by atoms with E-state index in [9.17, 15) is 4.79 Å². The molecule has 2 atom stereocenters. The lowest BCUT2D eigenvalue weighted by Crippen LogP contribution is -2.43. The summed E-state index contributed by atoms with van der Waals surface area (Å²) >= 11 is 0. The maximum absolute atomic E-state index is 12.4. The second-order valence-corrected chi connectivity index (χ2v) is 7.11. The van der Waals surface area contributed by atoms with Crippen LogP contribution < -0.4 is 5.73 Å². The summed E-state index contributed by atoms with van der Waals surface area (Å²) in [5.74, 6) is 0.535. The van der Waals surface area contributed by atoms with Gasteiger partial charge in [-0.1, -0.05) is 13.8 Å². The average Bonchev–Trinajstić information content (AvgIpc) is 2.74. The first-order chi connectivity index (χ1) is 8.39. The molecule has 4 heteroatoms. The minimum absolute atomic E-state index is 0. The molecule has 0 spiro atoms. The number of carbonyl (C=O) groups excluding carboxylic acids is 1. The molecular formula is C15H29ClN2O. The monoisotopic (exact) mass is 288 g/mol. The molecule has 19 heavy (non-hydrogen) atoms. The van der Waals surface area contributed by atoms with Crippen LogP contribution in [0.2, 0.25) is 0 Å². The van der Waals surface area contributed by atoms with Crippen molar-refractivity contribution < 1.29 is 4.79 Å². The van der Waals surface area contributed by atoms with Gasteiger partial charge in [-0.3, -0.25) is 4.79 Å². The molecule has 0 aliphatic heterocycles. The van der Waals surface area contributed by atoms with Gasteiger partial charge >= 0.3 is 0 Å². The highest BCUT2D eigenvalue weighted by Crippen LogP contribution is 2.37. The van der Waals surface area contributed by atoms with Crippen LogP contribution >= 0.6 is 12.4 Å². The summed E-state index contributed by atoms with van der Waals surface area (Å²) in [5, 5.41) is 0. The molecule has 2 aliphatic carbocycles. The Kier molecular flexibility index (Phi) is 5.69. The Morgan fingerprint density at radius 3 is 2.21 bits per heavy atom. The Morgan fingerprint density at radius 2 is 1.74 bits per heavy atom. The molecular weight excluding hydrogens is 260 g/mol. The van der Waals surface area contributed by atoms with E-state index >= 15 is 0 Å². The van der Waals surface area contributed by atoms with E-state index in [1.54, 1.807) is 0 Å². The van der Waals surface area contributed by atoms with Crippen molar-refractivity contribution in [2.75, 3.05) is 7.05 Å². The minimum atomic E-state index is 0. The lowest BCUT2D eigenvalue weighted by Gasteiger charge is -2.39. The summed E-state index contributed by atoms with van der Waals surface area (Å²) in [6, 6.07) is 0.708. The fraction of sp³-hybridized carbons (Fsp3) is 0.933. The standard InChI is InChI=1S/C15H28N2O.ClH/c1-15(2)8-6-13(7-9-15)17(3)14(18)11-4-5-12(16)10-11;/h11-13H,4-10,16H2,1-3H3;1H. The third-order valence-electron chi connectivity index (χ3n) is 5.03. The molecule has 2 N–H and O–H groups in total. The largest absolute Gasteiger partial charge is 0.343 e. The van der Waals surface area contributed by atoms with Crippen molar-refractivity contribution in [3.8, 4) is 0 Å². The Bertz CT molecular complexity index is 309. The second kappa shape index (κ2) is 6.45. The molecule has 0 heterocycles. The fourth-order valence-corrected chi connectivity index (χ4v) is 3.48. The molecule has 2 saturated carbocycles. The van der Waals surface area contributed by atoms with Gasteiger partial charge in [-0.15, -0.1) is 12.4 Å². The van der Waals surface area contributed by atoms with Crippen LogP contribution in [0, 0.1) is 11.3 Å². The summed E-state index contributed by atoms with van der Waals surface area (Å²) in [5.41, 5.74) is 6.37. The normalized spacial score (nSPS) is 30.7. The van der Waals surface area contributed by atoms with Gasteiger partial charge in [-0.2, -0.15) is 0 Å². The topological polar surface area (TPSA) is 46.3 Å². The third-order valence-corrected chi connectivity index (χ3v) is 5.03. The smallest absolute Gasteiger partial charge is 0.225 e. The lowest BCUT2D eigenvalue weighted by molar-refractivity contribution is -0.137. The predicted octanol–water partition coefficient (Wildman–Crippen LogP) is 2.96. The quantitative estimate of drug-likeness (QED) is 0.849. The Morgan fingerprint density at radius 1 is 1.16 bits per heavy atom. The first kappa shape index (κ1) is 16.8. The van der Waals surface area contributed by atoms with Crippen LogP contribution in [-0.2, 0) is 4.79 Å². The van der Waals surface area contributed by atoms with Gasteiger partial charge in [0.15, 0.2) is 0 Å². The van der Waals surface area contributed by atoms with Gasteiger partial charge in [0.1, 0.15) is 0 Å². The number of carbonyl (C=O) groups is 1. The van der Waals surface area contributed by atoms with Crippen LogP contribution in [0.4, 0.5) is 0 Å². The van der Waals surface area contributed by atoms with E-state index in [-0.39, 0.29) is 24.4 Å². The van der Waals surface area contributed by atoms with Crippen LogP contribution in [0.25, 0.3) is 0 Å². The molecule has 0 aromatic carbocycles. The van der Waals surface area contributed by atoms with Crippen molar-refractivity contribution in [2.45, 2.75) is 70.9 Å². The molecule has 2 fully saturated rings. The molecule has 0 aromatic rings. The summed E-state index contributed by atoms with van der Waals surface area (Å²) in [4.78, 5) is 14.4. The number of nitrogens with zero attached hydrogens (tertiary/aromatic N) is 1. The molecule has 0 saturated heterocycles. The maximum atomic E-state index is 12.4. The predicted molar refractivity (Wildman–Crippen MR) is 81.4 cm³/mol. The molecule has 2 aliphatic rings. The Balaban J connectivity index is 0.00000180. The van der Waals surface area contributed by atoms with Crippen molar-refractivity contribution in [3.63, 3.8) is 0 Å². The van der Waals surface area contributed by atoms with Gasteiger partial charge in [-0.25, -0.2) is 0 Å². The molecule has 2 rings (SSSR count). The second-order valence-electron chi connectivity index (χ2n) is 7.11. The van der Waals surface area contributed by atoms with Crippen molar-refractivity contribution in [1.82, 2.24) is 4.90 Å². The van der Waals surface area contributed by atoms with Crippen LogP contribution in [-0.4, -0.2) is 29.9 Å². The number of amides is 1. The van der Waals surface area contributed by atoms with E-state index in [0.29, 0.717) is 17.4 Å². The first-order valence-corrected chi connectivity index (χ1v) is 7.41. The summed E-state index contributed by atoms with van der Waals surface area (Å²) in [6.07, 6.45) is 7.69. The molecule has 2 unspecified atom stereocenters. The highest BCUT2D eigenvalue weighted by atomic mass is 35.5. The summed E-state index contributed by atoms with van der Waals surface area (Å²) < 4.78 is 0. The van der Waals surface area contributed by atoms with E-state index in [2.05, 4.69) is 13.8 Å². The zero-order chi connectivity index (χ0) is 13.3. The van der Waals surface area contributed by atoms with E-state index in [4.69, 9.17) is 5.73 Å². The maximum Gasteiger partial charge on any atom is 0.225 e. The van der Waals surface area contributed by atoms with E-state index in [1.165, 1.54) is 12.8 Å². The van der Waals surface area contributed by atoms with Gasteiger partial charge < -0.3 is 10.6 Å². The van der Waals surface area contributed by atoms with E-state index in [0.717, 1.165) is 32.1 Å². The molecule has 0 radical (unpaired) electrons. The number of rotatable bonds is 2. The number of halogens is 1. The first-order valence-electron chi connectivity index (χ1n) is 7.41. The minimum Gasteiger partial charge on any atom is -0.343 e. The molecule has 3 nitrogen and oxygen atoms in total. The number of hydrogen-bond donors (Lipinski definition) is 1. The van der Waals surface area contributed by atoms with Crippen molar-refractivity contribution in [1.29, 1.82) is 0 Å². The zero-order valence-electron chi connectivity index (χ0n) is 12.5. The third kappa shape index (κ3) is 4.09. The number of hydrogen-bond acceptors (Lipinski definition) is 2. The highest BCUT2D eigenvalue weighted by Gasteiger charge is 2.35. The van der Waals surface area contributed by atoms with E-state index in [1.807, 2.05) is 11.9 Å². The number of nitrogens with two attached hydrogens (primary N) is 1. The summed E-state index contributed by atoms with van der Waals surface area (Å²) in [6.45, 7) is 4.67. The molecule has 112 valence electrons. The van der Waals surface area contributed by atoms with Crippen molar-refractivity contribution >= 4 is 18.3 Å². The molecule has 0 aromatic heterocycles. The van der Waals surface area contributed by atoms with Crippen LogP contribution in [0.15, 0.2) is 0 Å². The van der Waals surface area contributed by atoms with Crippen LogP contribution in [0.5, 0.6) is 0 Å². The highest BCUT2D eigenvalue weighted by molar-refractivity contribution is 5.85. The van der Waals surface area contributed by atoms with Gasteiger partial charge in [0.05, 0.1) is 0 Å². The fourth-order valence-electron chi connectivity index (χ4n) is 3.48. The Labute approximate surface area is 123 Å². The van der Waals surface area contributed by atoms with Crippen LogP contribution in [0.1, 0.15) is 58.8 Å². The van der Waals surface area contributed by atoms with Gasteiger partial charge in [0.2, 0.25) is 5.91 Å². The summed E-state index contributed by atoms with van der Waals surface area (Å²) in [7, 11) is 2.00. The molecule has 1 amide bonds. The van der Waals surface area contributed by atoms with Crippen LogP contribution in [0.3, 0.4) is 0 Å². The molecule has 0 bridgehead atoms. The zero-order valence-corrected chi connectivity index (χ0v) is 13.3. The average molecular weight is 289 g/mol. The van der Waals surface area contributed by atoms with Crippen molar-refractivity contribution in [3.05, 3.63) is 0 Å². The van der Waals surface area contributed by atoms with Gasteiger partial charge in [0, 0.05) is 25.0 Å². The van der Waals surface area contributed by atoms with E-state index < -0.39 is 0 Å². The van der Waals surface area contributed by atoms with Gasteiger partial charge in [0.25, 0.3) is 0 Å². The van der Waals surface area contributed by atoms with Gasteiger partial charge in [-0.05, 0) is 50.4 Å². The van der Waals surface area contributed by atoms with Crippen molar-refractivity contribution in [2.24, 2.45) is 17.1 Å². The SMILES string of the molecule is CN(C(=O)C1CCC(N)C1)C1CCC(C)(C)CC1.Cl. The Hall–Kier alpha value is -0.280.